The molecular formula is C21H19Cl2N5. The molecule has 0 saturated carbocycles. The smallest absolute Gasteiger partial charge is 0.224 e. The van der Waals surface area contributed by atoms with Crippen LogP contribution in [0.2, 0.25) is 10.3 Å². The molecule has 0 bridgehead atoms. The molecule has 28 heavy (non-hydrogen) atoms. The van der Waals surface area contributed by atoms with Gasteiger partial charge in [-0.25, -0.2) is 9.97 Å². The highest BCUT2D eigenvalue weighted by atomic mass is 35.5. The van der Waals surface area contributed by atoms with Gasteiger partial charge in [0.1, 0.15) is 5.82 Å². The Balaban J connectivity index is 1.31. The van der Waals surface area contributed by atoms with Crippen LogP contribution in [0.3, 0.4) is 0 Å². The van der Waals surface area contributed by atoms with E-state index in [2.05, 4.69) is 25.6 Å². The van der Waals surface area contributed by atoms with E-state index < -0.39 is 0 Å². The summed E-state index contributed by atoms with van der Waals surface area (Å²) >= 11 is 12.1. The van der Waals surface area contributed by atoms with Gasteiger partial charge in [0.25, 0.3) is 0 Å². The van der Waals surface area contributed by atoms with Gasteiger partial charge in [-0.2, -0.15) is 0 Å². The summed E-state index contributed by atoms with van der Waals surface area (Å²) in [6, 6.07) is 15.6. The maximum atomic E-state index is 6.04. The lowest BCUT2D eigenvalue weighted by Crippen LogP contribution is -2.08. The van der Waals surface area contributed by atoms with Crippen LogP contribution in [-0.2, 0) is 0 Å². The van der Waals surface area contributed by atoms with Crippen LogP contribution in [0.5, 0.6) is 0 Å². The maximum Gasteiger partial charge on any atom is 0.224 e. The minimum absolute atomic E-state index is 0.257. The van der Waals surface area contributed by atoms with Crippen molar-refractivity contribution >= 4 is 56.5 Å². The van der Waals surface area contributed by atoms with Crippen molar-refractivity contribution in [1.82, 2.24) is 15.0 Å². The quantitative estimate of drug-likeness (QED) is 0.297. The van der Waals surface area contributed by atoms with Crippen molar-refractivity contribution in [2.75, 3.05) is 23.7 Å². The minimum Gasteiger partial charge on any atom is -0.384 e. The van der Waals surface area contributed by atoms with E-state index in [1.807, 2.05) is 48.5 Å². The molecule has 5 nitrogen and oxygen atoms in total. The summed E-state index contributed by atoms with van der Waals surface area (Å²) in [5.74, 6) is 0.778. The molecule has 0 amide bonds. The Hall–Kier alpha value is -2.63. The molecule has 4 rings (SSSR count). The first-order valence-electron chi connectivity index (χ1n) is 9.15. The van der Waals surface area contributed by atoms with E-state index in [1.165, 1.54) is 0 Å². The number of anilines is 2. The predicted molar refractivity (Wildman–Crippen MR) is 118 cm³/mol. The molecule has 0 aliphatic heterocycles. The molecule has 0 atom stereocenters. The Labute approximate surface area is 173 Å². The van der Waals surface area contributed by atoms with E-state index in [1.54, 1.807) is 6.20 Å². The first-order valence-corrected chi connectivity index (χ1v) is 9.90. The largest absolute Gasteiger partial charge is 0.384 e. The number of benzene rings is 2. The first kappa shape index (κ1) is 18.7. The molecule has 2 heterocycles. The zero-order valence-corrected chi connectivity index (χ0v) is 16.6. The van der Waals surface area contributed by atoms with Crippen LogP contribution in [0.4, 0.5) is 11.5 Å². The Morgan fingerprint density at radius 2 is 1.61 bits per heavy atom. The van der Waals surface area contributed by atoms with Gasteiger partial charge >= 0.3 is 0 Å². The standard InChI is InChI=1S/C21H19Cl2N5/c22-14-7-8-15-17(9-12-25-19(15)13-14)24-10-3-4-11-26-20-16-5-1-2-6-18(16)27-21(23)28-20/h1-2,5-9,12-13H,3-4,10-11H2,(H,24,25)(H,26,27,28). The Kier molecular flexibility index (Phi) is 5.74. The second-order valence-corrected chi connectivity index (χ2v) is 7.21. The zero-order chi connectivity index (χ0) is 19.3. The summed E-state index contributed by atoms with van der Waals surface area (Å²) in [4.78, 5) is 12.9. The third-order valence-electron chi connectivity index (χ3n) is 4.49. The van der Waals surface area contributed by atoms with Crippen LogP contribution in [0.25, 0.3) is 21.8 Å². The van der Waals surface area contributed by atoms with Crippen LogP contribution in [0.1, 0.15) is 12.8 Å². The molecule has 2 aromatic carbocycles. The summed E-state index contributed by atoms with van der Waals surface area (Å²) < 4.78 is 0. The number of para-hydroxylation sites is 1. The number of unbranched alkanes of at least 4 members (excludes halogenated alkanes) is 1. The van der Waals surface area contributed by atoms with Crippen LogP contribution in [0, 0.1) is 0 Å². The fourth-order valence-electron chi connectivity index (χ4n) is 3.14. The number of halogens is 2. The second-order valence-electron chi connectivity index (χ2n) is 6.44. The second kappa shape index (κ2) is 8.59. The SMILES string of the molecule is Clc1ccc2c(NCCCCNc3nc(Cl)nc4ccccc34)ccnc2c1. The van der Waals surface area contributed by atoms with Crippen LogP contribution >= 0.6 is 23.2 Å². The van der Waals surface area contributed by atoms with Gasteiger partial charge in [0, 0.05) is 40.8 Å². The Morgan fingerprint density at radius 1 is 0.786 bits per heavy atom. The van der Waals surface area contributed by atoms with Gasteiger partial charge in [0.2, 0.25) is 5.28 Å². The van der Waals surface area contributed by atoms with Crippen LogP contribution < -0.4 is 10.6 Å². The lowest BCUT2D eigenvalue weighted by Gasteiger charge is -2.11. The number of aromatic nitrogens is 3. The van der Waals surface area contributed by atoms with Gasteiger partial charge in [-0.15, -0.1) is 0 Å². The highest BCUT2D eigenvalue weighted by molar-refractivity contribution is 6.31. The van der Waals surface area contributed by atoms with Crippen molar-refractivity contribution in [3.05, 3.63) is 65.0 Å². The molecule has 0 radical (unpaired) electrons. The summed E-state index contributed by atoms with van der Waals surface area (Å²) in [5.41, 5.74) is 2.81. The molecule has 0 saturated heterocycles. The highest BCUT2D eigenvalue weighted by Crippen LogP contribution is 2.24. The molecule has 142 valence electrons. The molecule has 0 spiro atoms. The van der Waals surface area contributed by atoms with E-state index >= 15 is 0 Å². The van der Waals surface area contributed by atoms with E-state index in [0.717, 1.165) is 59.2 Å². The fraction of sp³-hybridized carbons (Fsp3) is 0.190. The number of nitrogens with one attached hydrogen (secondary N) is 2. The van der Waals surface area contributed by atoms with Gasteiger partial charge in [-0.05, 0) is 60.8 Å². The third-order valence-corrected chi connectivity index (χ3v) is 4.90. The highest BCUT2D eigenvalue weighted by Gasteiger charge is 2.06. The zero-order valence-electron chi connectivity index (χ0n) is 15.1. The molecule has 2 N–H and O–H groups in total. The number of pyridine rings is 1. The molecule has 0 aliphatic rings. The van der Waals surface area contributed by atoms with Crippen LogP contribution in [-0.4, -0.2) is 28.0 Å². The first-order chi connectivity index (χ1) is 13.7. The molecule has 7 heteroatoms. The average Bonchev–Trinajstić information content (AvgIpc) is 2.70. The number of fused-ring (bicyclic) bond motifs is 2. The topological polar surface area (TPSA) is 62.7 Å². The Morgan fingerprint density at radius 3 is 2.50 bits per heavy atom. The molecule has 4 aromatic rings. The van der Waals surface area contributed by atoms with Crippen molar-refractivity contribution in [3.63, 3.8) is 0 Å². The fourth-order valence-corrected chi connectivity index (χ4v) is 3.48. The lowest BCUT2D eigenvalue weighted by molar-refractivity contribution is 0.794. The third kappa shape index (κ3) is 4.26. The molecule has 2 aromatic heterocycles. The summed E-state index contributed by atoms with van der Waals surface area (Å²) in [6.07, 6.45) is 3.81. The van der Waals surface area contributed by atoms with Gasteiger partial charge in [-0.1, -0.05) is 23.7 Å². The van der Waals surface area contributed by atoms with Crippen LogP contribution in [0.15, 0.2) is 54.7 Å². The maximum absolute atomic E-state index is 6.04. The predicted octanol–water partition coefficient (Wildman–Crippen LogP) is 5.79. The van der Waals surface area contributed by atoms with Crippen molar-refractivity contribution < 1.29 is 0 Å². The van der Waals surface area contributed by atoms with Gasteiger partial charge in [0.15, 0.2) is 0 Å². The number of nitrogens with zero attached hydrogens (tertiary/aromatic N) is 3. The van der Waals surface area contributed by atoms with E-state index in [4.69, 9.17) is 23.2 Å². The summed E-state index contributed by atoms with van der Waals surface area (Å²) in [5, 5.41) is 9.87. The molecule has 0 unspecified atom stereocenters. The lowest BCUT2D eigenvalue weighted by atomic mass is 10.2. The number of hydrogen-bond acceptors (Lipinski definition) is 5. The van der Waals surface area contributed by atoms with Gasteiger partial charge < -0.3 is 10.6 Å². The van der Waals surface area contributed by atoms with Gasteiger partial charge in [0.05, 0.1) is 11.0 Å². The minimum atomic E-state index is 0.257. The van der Waals surface area contributed by atoms with Crippen molar-refractivity contribution in [3.8, 4) is 0 Å². The molecule has 0 fully saturated rings. The van der Waals surface area contributed by atoms with E-state index in [-0.39, 0.29) is 5.28 Å². The van der Waals surface area contributed by atoms with E-state index in [9.17, 15) is 0 Å². The van der Waals surface area contributed by atoms with E-state index in [0.29, 0.717) is 5.02 Å². The number of rotatable bonds is 7. The Bertz CT molecular complexity index is 1120. The number of hydrogen-bond donors (Lipinski definition) is 2. The monoisotopic (exact) mass is 411 g/mol. The summed E-state index contributed by atoms with van der Waals surface area (Å²) in [7, 11) is 0. The van der Waals surface area contributed by atoms with Gasteiger partial charge in [-0.3, -0.25) is 4.98 Å². The van der Waals surface area contributed by atoms with Crippen molar-refractivity contribution in [2.45, 2.75) is 12.8 Å². The average molecular weight is 412 g/mol. The molecule has 0 aliphatic carbocycles. The van der Waals surface area contributed by atoms with Crippen molar-refractivity contribution in [1.29, 1.82) is 0 Å². The van der Waals surface area contributed by atoms with Crippen molar-refractivity contribution in [2.24, 2.45) is 0 Å². The summed E-state index contributed by atoms with van der Waals surface area (Å²) in [6.45, 7) is 1.68. The molecular weight excluding hydrogens is 393 g/mol. The normalized spacial score (nSPS) is 11.1.